The SMILES string of the molecule is COC(=S)C1[C@H]2OC(C)(C)O[C@H]2O[C@@H]1[C@@H]1COC(C)(C)O1. The van der Waals surface area contributed by atoms with Crippen LogP contribution in [0, 0.1) is 5.92 Å². The molecule has 0 aromatic heterocycles. The fourth-order valence-corrected chi connectivity index (χ4v) is 3.40. The second kappa shape index (κ2) is 5.11. The molecule has 7 heteroatoms. The quantitative estimate of drug-likeness (QED) is 0.717. The zero-order chi connectivity index (χ0) is 15.4. The molecule has 6 nitrogen and oxygen atoms in total. The highest BCUT2D eigenvalue weighted by molar-refractivity contribution is 7.80. The van der Waals surface area contributed by atoms with Crippen LogP contribution >= 0.6 is 12.2 Å². The Morgan fingerprint density at radius 1 is 1.05 bits per heavy atom. The van der Waals surface area contributed by atoms with E-state index in [1.807, 2.05) is 27.7 Å². The first-order valence-electron chi connectivity index (χ1n) is 7.13. The van der Waals surface area contributed by atoms with Crippen LogP contribution in [0.1, 0.15) is 27.7 Å². The number of methoxy groups -OCH3 is 1. The molecular weight excluding hydrogens is 296 g/mol. The number of fused-ring (bicyclic) bond motifs is 1. The fourth-order valence-electron chi connectivity index (χ4n) is 3.13. The van der Waals surface area contributed by atoms with Crippen LogP contribution in [-0.4, -0.2) is 54.9 Å². The highest BCUT2D eigenvalue weighted by Crippen LogP contribution is 2.44. The zero-order valence-electron chi connectivity index (χ0n) is 13.0. The predicted molar refractivity (Wildman–Crippen MR) is 76.7 cm³/mol. The molecule has 0 spiro atoms. The van der Waals surface area contributed by atoms with Crippen LogP contribution in [-0.2, 0) is 28.4 Å². The zero-order valence-corrected chi connectivity index (χ0v) is 13.8. The summed E-state index contributed by atoms with van der Waals surface area (Å²) in [5.41, 5.74) is 0. The van der Waals surface area contributed by atoms with Crippen LogP contribution in [0.15, 0.2) is 0 Å². The lowest BCUT2D eigenvalue weighted by Crippen LogP contribution is -2.42. The van der Waals surface area contributed by atoms with Crippen molar-refractivity contribution in [3.8, 4) is 0 Å². The molecule has 3 saturated heterocycles. The van der Waals surface area contributed by atoms with Crippen molar-refractivity contribution < 1.29 is 28.4 Å². The van der Waals surface area contributed by atoms with Crippen molar-refractivity contribution in [2.45, 2.75) is 63.9 Å². The number of thiocarbonyl (C=S) groups is 1. The van der Waals surface area contributed by atoms with Gasteiger partial charge < -0.3 is 28.4 Å². The van der Waals surface area contributed by atoms with E-state index >= 15 is 0 Å². The van der Waals surface area contributed by atoms with E-state index in [1.54, 1.807) is 7.11 Å². The van der Waals surface area contributed by atoms with Gasteiger partial charge in [-0.3, -0.25) is 0 Å². The van der Waals surface area contributed by atoms with Gasteiger partial charge in [-0.05, 0) is 39.9 Å². The smallest absolute Gasteiger partial charge is 0.188 e. The Hall–Kier alpha value is -0.310. The topological polar surface area (TPSA) is 55.4 Å². The third-order valence-electron chi connectivity index (χ3n) is 3.96. The van der Waals surface area contributed by atoms with Crippen LogP contribution in [0.5, 0.6) is 0 Å². The maximum Gasteiger partial charge on any atom is 0.188 e. The van der Waals surface area contributed by atoms with E-state index in [-0.39, 0.29) is 24.2 Å². The van der Waals surface area contributed by atoms with Crippen molar-refractivity contribution in [2.75, 3.05) is 13.7 Å². The Kier molecular flexibility index (Phi) is 3.79. The lowest BCUT2D eigenvalue weighted by atomic mass is 9.95. The summed E-state index contributed by atoms with van der Waals surface area (Å²) in [6.07, 6.45) is -1.27. The minimum absolute atomic E-state index is 0.223. The number of hydrogen-bond donors (Lipinski definition) is 0. The minimum Gasteiger partial charge on any atom is -0.490 e. The molecule has 21 heavy (non-hydrogen) atoms. The molecular formula is C14H22O6S. The van der Waals surface area contributed by atoms with Gasteiger partial charge in [0.05, 0.1) is 19.6 Å². The summed E-state index contributed by atoms with van der Waals surface area (Å²) < 4.78 is 34.5. The van der Waals surface area contributed by atoms with E-state index in [1.165, 1.54) is 0 Å². The van der Waals surface area contributed by atoms with E-state index in [9.17, 15) is 0 Å². The van der Waals surface area contributed by atoms with Crippen LogP contribution in [0.25, 0.3) is 0 Å². The molecule has 0 aromatic carbocycles. The Bertz CT molecular complexity index is 437. The molecule has 3 aliphatic heterocycles. The average Bonchev–Trinajstić information content (AvgIpc) is 2.97. The van der Waals surface area contributed by atoms with E-state index in [0.717, 1.165) is 0 Å². The maximum atomic E-state index is 6.01. The van der Waals surface area contributed by atoms with Crippen LogP contribution < -0.4 is 0 Å². The van der Waals surface area contributed by atoms with E-state index in [2.05, 4.69) is 0 Å². The lowest BCUT2D eigenvalue weighted by molar-refractivity contribution is -0.224. The van der Waals surface area contributed by atoms with Crippen LogP contribution in [0.4, 0.5) is 0 Å². The fraction of sp³-hybridized carbons (Fsp3) is 0.929. The molecule has 0 bridgehead atoms. The molecule has 3 rings (SSSR count). The summed E-state index contributed by atoms with van der Waals surface area (Å²) in [5.74, 6) is -1.53. The monoisotopic (exact) mass is 318 g/mol. The predicted octanol–water partition coefficient (Wildman–Crippen LogP) is 1.60. The average molecular weight is 318 g/mol. The Balaban J connectivity index is 1.80. The molecule has 0 aromatic rings. The van der Waals surface area contributed by atoms with Crippen LogP contribution in [0.2, 0.25) is 0 Å². The molecule has 0 aliphatic carbocycles. The second-order valence-electron chi connectivity index (χ2n) is 6.49. The third-order valence-corrected chi connectivity index (χ3v) is 4.40. The third kappa shape index (κ3) is 2.83. The number of ether oxygens (including phenoxy) is 6. The van der Waals surface area contributed by atoms with E-state index < -0.39 is 17.9 Å². The second-order valence-corrected chi connectivity index (χ2v) is 6.89. The van der Waals surface area contributed by atoms with Gasteiger partial charge in [-0.1, -0.05) is 0 Å². The van der Waals surface area contributed by atoms with Gasteiger partial charge in [0.25, 0.3) is 0 Å². The molecule has 0 saturated carbocycles. The first-order valence-corrected chi connectivity index (χ1v) is 7.54. The Morgan fingerprint density at radius 2 is 1.76 bits per heavy atom. The van der Waals surface area contributed by atoms with Gasteiger partial charge in [0.15, 0.2) is 22.9 Å². The molecule has 0 radical (unpaired) electrons. The molecule has 120 valence electrons. The van der Waals surface area contributed by atoms with Gasteiger partial charge in [-0.25, -0.2) is 0 Å². The normalized spacial score (nSPS) is 43.8. The molecule has 3 fully saturated rings. The van der Waals surface area contributed by atoms with Crippen molar-refractivity contribution in [2.24, 2.45) is 5.92 Å². The minimum atomic E-state index is -0.686. The van der Waals surface area contributed by atoms with Crippen molar-refractivity contribution in [3.05, 3.63) is 0 Å². The standard InChI is InChI=1S/C14H22O6S/c1-13(2)16-6-7(18-13)9-8(12(21)15-5)10-11(17-9)20-14(3,4)19-10/h7-11H,6H2,1-5H3/t7-,8?,9+,10+,11+/m0/s1. The summed E-state index contributed by atoms with van der Waals surface area (Å²) in [5, 5.41) is 0.446. The van der Waals surface area contributed by atoms with Gasteiger partial charge in [0.2, 0.25) is 0 Å². The molecule has 3 heterocycles. The summed E-state index contributed by atoms with van der Waals surface area (Å²) in [6.45, 7) is 7.91. The van der Waals surface area contributed by atoms with E-state index in [4.69, 9.17) is 40.6 Å². The lowest BCUT2D eigenvalue weighted by Gasteiger charge is -2.28. The van der Waals surface area contributed by atoms with Crippen molar-refractivity contribution in [1.29, 1.82) is 0 Å². The van der Waals surface area contributed by atoms with Gasteiger partial charge in [-0.2, -0.15) is 0 Å². The van der Waals surface area contributed by atoms with Crippen molar-refractivity contribution >= 4 is 17.3 Å². The largest absolute Gasteiger partial charge is 0.490 e. The summed E-state index contributed by atoms with van der Waals surface area (Å²) >= 11 is 5.35. The van der Waals surface area contributed by atoms with Crippen molar-refractivity contribution in [1.82, 2.24) is 0 Å². The first-order chi connectivity index (χ1) is 9.72. The number of hydrogen-bond acceptors (Lipinski definition) is 7. The maximum absolute atomic E-state index is 6.01. The molecule has 5 atom stereocenters. The Labute approximate surface area is 130 Å². The Morgan fingerprint density at radius 3 is 2.33 bits per heavy atom. The summed E-state index contributed by atoms with van der Waals surface area (Å²) in [6, 6.07) is 0. The summed E-state index contributed by atoms with van der Waals surface area (Å²) in [7, 11) is 1.56. The van der Waals surface area contributed by atoms with Crippen molar-refractivity contribution in [3.63, 3.8) is 0 Å². The van der Waals surface area contributed by atoms with E-state index in [0.29, 0.717) is 11.7 Å². The number of rotatable bonds is 2. The van der Waals surface area contributed by atoms with Crippen LogP contribution in [0.3, 0.4) is 0 Å². The molecule has 3 aliphatic rings. The van der Waals surface area contributed by atoms with Gasteiger partial charge in [0, 0.05) is 0 Å². The molecule has 1 unspecified atom stereocenters. The highest BCUT2D eigenvalue weighted by Gasteiger charge is 2.59. The van der Waals surface area contributed by atoms with Gasteiger partial charge in [-0.15, -0.1) is 0 Å². The first kappa shape index (κ1) is 15.6. The highest BCUT2D eigenvalue weighted by atomic mass is 32.1. The summed E-state index contributed by atoms with van der Waals surface area (Å²) in [4.78, 5) is 0. The van der Waals surface area contributed by atoms with Gasteiger partial charge >= 0.3 is 0 Å². The molecule has 0 N–H and O–H groups in total. The van der Waals surface area contributed by atoms with Gasteiger partial charge in [0.1, 0.15) is 18.3 Å². The molecule has 0 amide bonds.